The van der Waals surface area contributed by atoms with Crippen molar-refractivity contribution in [2.24, 2.45) is 10.2 Å². The first-order valence-corrected chi connectivity index (χ1v) is 17.8. The number of sulfone groups is 1. The van der Waals surface area contributed by atoms with Crippen LogP contribution < -0.4 is 10.6 Å². The molecule has 47 heavy (non-hydrogen) atoms. The lowest BCUT2D eigenvalue weighted by Crippen LogP contribution is -2.04. The van der Waals surface area contributed by atoms with Gasteiger partial charge in [0, 0.05) is 27.6 Å². The average molecular weight is 716 g/mol. The van der Waals surface area contributed by atoms with Crippen molar-refractivity contribution in [1.29, 1.82) is 0 Å². The first kappa shape index (κ1) is 33.5. The molecule has 5 rings (SSSR count). The van der Waals surface area contributed by atoms with Crippen LogP contribution in [0.15, 0.2) is 110 Å². The number of aromatic nitrogens is 3. The number of benzene rings is 4. The molecule has 0 amide bonds. The Hall–Kier alpha value is -4.85. The molecule has 1 aromatic heterocycles. The number of rotatable bonds is 10. The molecular formula is C28H22ClN7O8S3. The molecule has 0 bridgehead atoms. The fourth-order valence-corrected chi connectivity index (χ4v) is 6.60. The molecule has 242 valence electrons. The molecule has 4 N–H and O–H groups in total. The van der Waals surface area contributed by atoms with E-state index in [0.29, 0.717) is 22.6 Å². The standard InChI is InChI=1S/C28H22ClN7O8S3/c1-3-45(37,38)20-10-7-17(8-11-20)30-27-32-26(29)33-28(34-27)31-18-9-12-23(16(2)13-18)36-35-19-14-22-21(25(15-19)47(42,43)44)5-4-6-24(22)46(39,40)41/h3-15H,1H2,2H3,(H,39,40,41)(H,42,43,44)(H2,30,31,32,33,34). The summed E-state index contributed by atoms with van der Waals surface area (Å²) < 4.78 is 91.3. The third-order valence-electron chi connectivity index (χ3n) is 6.45. The molecule has 0 atom stereocenters. The Balaban J connectivity index is 1.39. The van der Waals surface area contributed by atoms with Gasteiger partial charge in [0.05, 0.1) is 16.3 Å². The van der Waals surface area contributed by atoms with Crippen LogP contribution in [0.25, 0.3) is 10.8 Å². The van der Waals surface area contributed by atoms with Gasteiger partial charge in [-0.05, 0) is 84.8 Å². The Morgan fingerprint density at radius 2 is 1.36 bits per heavy atom. The van der Waals surface area contributed by atoms with Crippen LogP contribution in [0.2, 0.25) is 5.28 Å². The molecule has 0 radical (unpaired) electrons. The summed E-state index contributed by atoms with van der Waals surface area (Å²) in [7, 11) is -13.2. The average Bonchev–Trinajstić information content (AvgIpc) is 2.99. The Bertz CT molecular complexity index is 2420. The van der Waals surface area contributed by atoms with Crippen molar-refractivity contribution in [3.8, 4) is 0 Å². The molecule has 0 aliphatic heterocycles. The van der Waals surface area contributed by atoms with E-state index >= 15 is 0 Å². The van der Waals surface area contributed by atoms with Gasteiger partial charge in [0.15, 0.2) is 9.84 Å². The lowest BCUT2D eigenvalue weighted by Gasteiger charge is -2.10. The van der Waals surface area contributed by atoms with Gasteiger partial charge >= 0.3 is 0 Å². The van der Waals surface area contributed by atoms with Crippen molar-refractivity contribution in [1.82, 2.24) is 15.0 Å². The quantitative estimate of drug-likeness (QED) is 0.0920. The first-order chi connectivity index (χ1) is 22.0. The lowest BCUT2D eigenvalue weighted by molar-refractivity contribution is 0.481. The van der Waals surface area contributed by atoms with Crippen molar-refractivity contribution in [2.75, 3.05) is 10.6 Å². The topological polar surface area (TPSA) is 230 Å². The van der Waals surface area contributed by atoms with Gasteiger partial charge in [-0.25, -0.2) is 8.42 Å². The van der Waals surface area contributed by atoms with Crippen LogP contribution in [0.3, 0.4) is 0 Å². The highest BCUT2D eigenvalue weighted by Gasteiger charge is 2.21. The van der Waals surface area contributed by atoms with E-state index in [-0.39, 0.29) is 38.5 Å². The third-order valence-corrected chi connectivity index (χ3v) is 9.79. The summed E-state index contributed by atoms with van der Waals surface area (Å²) in [5.74, 6) is 0.154. The second-order valence-corrected chi connectivity index (χ2v) is 14.7. The first-order valence-electron chi connectivity index (χ1n) is 13.0. The van der Waals surface area contributed by atoms with Gasteiger partial charge in [0.2, 0.25) is 17.2 Å². The number of aryl methyl sites for hydroxylation is 1. The van der Waals surface area contributed by atoms with E-state index in [1.54, 1.807) is 25.1 Å². The van der Waals surface area contributed by atoms with Gasteiger partial charge in [-0.15, -0.1) is 0 Å². The Morgan fingerprint density at radius 1 is 0.745 bits per heavy atom. The van der Waals surface area contributed by atoms with E-state index in [1.807, 2.05) is 0 Å². The Kier molecular flexibility index (Phi) is 9.09. The van der Waals surface area contributed by atoms with Gasteiger partial charge in [-0.1, -0.05) is 18.7 Å². The number of nitrogens with one attached hydrogen (secondary N) is 2. The molecule has 0 aliphatic carbocycles. The van der Waals surface area contributed by atoms with E-state index in [0.717, 1.165) is 17.5 Å². The minimum Gasteiger partial charge on any atom is -0.324 e. The highest BCUT2D eigenvalue weighted by Crippen LogP contribution is 2.34. The number of nitrogens with zero attached hydrogens (tertiary/aromatic N) is 5. The van der Waals surface area contributed by atoms with E-state index in [4.69, 9.17) is 11.6 Å². The monoisotopic (exact) mass is 715 g/mol. The van der Waals surface area contributed by atoms with Crippen molar-refractivity contribution in [3.05, 3.63) is 95.6 Å². The summed E-state index contributed by atoms with van der Waals surface area (Å²) >= 11 is 6.09. The Morgan fingerprint density at radius 3 is 1.96 bits per heavy atom. The zero-order chi connectivity index (χ0) is 34.1. The van der Waals surface area contributed by atoms with Crippen LogP contribution in [0.5, 0.6) is 0 Å². The second-order valence-electron chi connectivity index (χ2n) is 9.68. The molecule has 0 saturated heterocycles. The predicted octanol–water partition coefficient (Wildman–Crippen LogP) is 6.30. The minimum atomic E-state index is -4.81. The molecule has 5 aromatic rings. The van der Waals surface area contributed by atoms with Crippen LogP contribution in [0.4, 0.5) is 34.6 Å². The van der Waals surface area contributed by atoms with Crippen LogP contribution >= 0.6 is 11.6 Å². The van der Waals surface area contributed by atoms with Crippen molar-refractivity contribution in [3.63, 3.8) is 0 Å². The maximum atomic E-state index is 12.1. The number of fused-ring (bicyclic) bond motifs is 1. The maximum absolute atomic E-state index is 12.1. The summed E-state index contributed by atoms with van der Waals surface area (Å²) in [5.41, 5.74) is 1.84. The second kappa shape index (κ2) is 12.7. The molecule has 1 heterocycles. The molecule has 15 nitrogen and oxygen atoms in total. The summed E-state index contributed by atoms with van der Waals surface area (Å²) in [4.78, 5) is 11.3. The number of azo groups is 1. The van der Waals surface area contributed by atoms with E-state index in [1.165, 1.54) is 42.5 Å². The normalized spacial score (nSPS) is 12.3. The van der Waals surface area contributed by atoms with E-state index < -0.39 is 39.9 Å². The van der Waals surface area contributed by atoms with Gasteiger partial charge in [-0.3, -0.25) is 9.11 Å². The van der Waals surface area contributed by atoms with E-state index in [9.17, 15) is 34.4 Å². The SMILES string of the molecule is C=CS(=O)(=O)c1ccc(Nc2nc(Cl)nc(Nc3ccc(N=Nc4cc(S(=O)(=O)O)c5cccc(S(=O)(=O)O)c5c4)c(C)c3)n2)cc1. The largest absolute Gasteiger partial charge is 0.324 e. The van der Waals surface area contributed by atoms with Gasteiger partial charge in [0.25, 0.3) is 20.2 Å². The van der Waals surface area contributed by atoms with Crippen LogP contribution in [0.1, 0.15) is 5.56 Å². The third kappa shape index (κ3) is 7.76. The maximum Gasteiger partial charge on any atom is 0.295 e. The smallest absolute Gasteiger partial charge is 0.295 e. The molecule has 4 aromatic carbocycles. The summed E-state index contributed by atoms with van der Waals surface area (Å²) in [6, 6.07) is 16.5. The zero-order valence-electron chi connectivity index (χ0n) is 23.9. The molecule has 0 spiro atoms. The fraction of sp³-hybridized carbons (Fsp3) is 0.0357. The van der Waals surface area contributed by atoms with E-state index in [2.05, 4.69) is 42.4 Å². The molecule has 0 saturated carbocycles. The molecule has 0 unspecified atom stereocenters. The molecular weight excluding hydrogens is 694 g/mol. The predicted molar refractivity (Wildman–Crippen MR) is 174 cm³/mol. The number of hydrogen-bond acceptors (Lipinski definition) is 13. The summed E-state index contributed by atoms with van der Waals surface area (Å²) in [6.07, 6.45) is 0. The molecule has 19 heteroatoms. The molecule has 0 aliphatic rings. The van der Waals surface area contributed by atoms with Crippen molar-refractivity contribution in [2.45, 2.75) is 21.6 Å². The summed E-state index contributed by atoms with van der Waals surface area (Å²) in [6.45, 7) is 5.01. The van der Waals surface area contributed by atoms with Crippen LogP contribution in [-0.4, -0.2) is 49.3 Å². The lowest BCUT2D eigenvalue weighted by atomic mass is 10.1. The van der Waals surface area contributed by atoms with Crippen LogP contribution in [0, 0.1) is 6.92 Å². The number of anilines is 4. The summed E-state index contributed by atoms with van der Waals surface area (Å²) in [5, 5.41) is 14.5. The van der Waals surface area contributed by atoms with Crippen molar-refractivity contribution < 1.29 is 34.4 Å². The van der Waals surface area contributed by atoms with Gasteiger partial charge in [0.1, 0.15) is 9.79 Å². The highest BCUT2D eigenvalue weighted by atomic mass is 35.5. The molecule has 0 fully saturated rings. The minimum absolute atomic E-state index is 0.0684. The fourth-order valence-electron chi connectivity index (χ4n) is 4.31. The van der Waals surface area contributed by atoms with Gasteiger partial charge < -0.3 is 10.6 Å². The van der Waals surface area contributed by atoms with Crippen molar-refractivity contribution >= 4 is 87.1 Å². The van der Waals surface area contributed by atoms with Gasteiger partial charge in [-0.2, -0.15) is 42.0 Å². The van der Waals surface area contributed by atoms with Crippen LogP contribution in [-0.2, 0) is 30.1 Å². The number of hydrogen-bond donors (Lipinski definition) is 4. The zero-order valence-corrected chi connectivity index (χ0v) is 27.1. The Labute approximate surface area is 273 Å². The highest BCUT2D eigenvalue weighted by molar-refractivity contribution is 7.94. The number of halogens is 1.